The van der Waals surface area contributed by atoms with E-state index in [2.05, 4.69) is 20.6 Å². The molecular weight excluding hydrogens is 336 g/mol. The first-order chi connectivity index (χ1) is 12.5. The molecule has 2 N–H and O–H groups in total. The van der Waals surface area contributed by atoms with Crippen molar-refractivity contribution in [3.63, 3.8) is 0 Å². The van der Waals surface area contributed by atoms with Crippen LogP contribution in [-0.2, 0) is 7.05 Å². The molecule has 2 aromatic rings. The minimum atomic E-state index is -0.462. The van der Waals surface area contributed by atoms with Gasteiger partial charge in [-0.3, -0.25) is 19.6 Å². The average molecular weight is 358 g/mol. The van der Waals surface area contributed by atoms with Gasteiger partial charge in [-0.15, -0.1) is 0 Å². The van der Waals surface area contributed by atoms with Crippen molar-refractivity contribution in [2.24, 2.45) is 7.05 Å². The summed E-state index contributed by atoms with van der Waals surface area (Å²) in [7, 11) is 3.37. The summed E-state index contributed by atoms with van der Waals surface area (Å²) in [6.45, 7) is 1.67. The third-order valence-electron chi connectivity index (χ3n) is 4.52. The Balaban J connectivity index is 1.77. The number of nitro benzene ring substituents is 1. The fourth-order valence-electron chi connectivity index (χ4n) is 3.21. The van der Waals surface area contributed by atoms with Crippen LogP contribution in [0.1, 0.15) is 23.2 Å². The molecule has 1 aliphatic rings. The van der Waals surface area contributed by atoms with E-state index in [1.165, 1.54) is 13.1 Å². The Kier molecular flexibility index (Phi) is 5.06. The lowest BCUT2D eigenvalue weighted by Crippen LogP contribution is -2.42. The van der Waals surface area contributed by atoms with Crippen LogP contribution in [0, 0.1) is 10.1 Å². The van der Waals surface area contributed by atoms with Gasteiger partial charge in [0.15, 0.2) is 0 Å². The van der Waals surface area contributed by atoms with Gasteiger partial charge in [0.25, 0.3) is 11.6 Å². The number of nitro groups is 1. The third kappa shape index (κ3) is 3.76. The van der Waals surface area contributed by atoms with Crippen LogP contribution in [0.15, 0.2) is 30.6 Å². The lowest BCUT2D eigenvalue weighted by atomic mass is 10.0. The molecule has 0 radical (unpaired) electrons. The molecule has 0 bridgehead atoms. The second kappa shape index (κ2) is 7.42. The highest BCUT2D eigenvalue weighted by Gasteiger charge is 2.24. The van der Waals surface area contributed by atoms with Crippen LogP contribution in [0.4, 0.5) is 17.1 Å². The molecule has 0 aliphatic carbocycles. The van der Waals surface area contributed by atoms with Crippen LogP contribution in [0.5, 0.6) is 0 Å². The number of hydrogen-bond acceptors (Lipinski definition) is 6. The molecule has 1 fully saturated rings. The maximum absolute atomic E-state index is 11.7. The summed E-state index contributed by atoms with van der Waals surface area (Å²) in [4.78, 5) is 24.9. The molecule has 0 spiro atoms. The zero-order valence-electron chi connectivity index (χ0n) is 14.8. The fraction of sp³-hybridized carbons (Fsp3) is 0.412. The van der Waals surface area contributed by atoms with Crippen molar-refractivity contribution in [1.29, 1.82) is 0 Å². The highest BCUT2D eigenvalue weighted by Crippen LogP contribution is 2.28. The Morgan fingerprint density at radius 1 is 1.42 bits per heavy atom. The monoisotopic (exact) mass is 358 g/mol. The first-order valence-corrected chi connectivity index (χ1v) is 8.48. The summed E-state index contributed by atoms with van der Waals surface area (Å²) in [5.74, 6) is -0.347. The van der Waals surface area contributed by atoms with Crippen LogP contribution in [-0.4, -0.2) is 46.8 Å². The summed E-state index contributed by atoms with van der Waals surface area (Å²) in [5.41, 5.74) is 1.65. The van der Waals surface area contributed by atoms with Crippen molar-refractivity contribution in [2.45, 2.75) is 18.9 Å². The molecule has 1 saturated heterocycles. The number of anilines is 2. The molecule has 1 unspecified atom stereocenters. The minimum absolute atomic E-state index is 0.0773. The number of aryl methyl sites for hydroxylation is 1. The quantitative estimate of drug-likeness (QED) is 0.623. The number of rotatable bonds is 5. The number of hydrogen-bond donors (Lipinski definition) is 2. The summed E-state index contributed by atoms with van der Waals surface area (Å²) < 4.78 is 1.76. The van der Waals surface area contributed by atoms with Gasteiger partial charge in [0, 0.05) is 51.1 Å². The largest absolute Gasteiger partial charge is 0.375 e. The van der Waals surface area contributed by atoms with E-state index in [1.54, 1.807) is 16.8 Å². The Bertz CT molecular complexity index is 819. The smallest absolute Gasteiger partial charge is 0.293 e. The molecule has 1 aliphatic heterocycles. The first kappa shape index (κ1) is 17.7. The lowest BCUT2D eigenvalue weighted by Gasteiger charge is -2.34. The van der Waals surface area contributed by atoms with E-state index in [4.69, 9.17) is 0 Å². The van der Waals surface area contributed by atoms with E-state index in [9.17, 15) is 14.9 Å². The highest BCUT2D eigenvalue weighted by molar-refractivity contribution is 5.95. The summed E-state index contributed by atoms with van der Waals surface area (Å²) in [6, 6.07) is 4.58. The number of nitrogens with zero attached hydrogens (tertiary/aromatic N) is 4. The standard InChI is InChI=1S/C17H22N6O3/c1-18-17(24)12-5-6-15(16(8-12)23(25)26)20-13-4-3-7-22(10-13)14-9-19-21(2)11-14/h5-6,8-9,11,13,20H,3-4,7,10H2,1-2H3,(H,18,24). The van der Waals surface area contributed by atoms with E-state index in [-0.39, 0.29) is 23.2 Å². The van der Waals surface area contributed by atoms with Crippen LogP contribution in [0.2, 0.25) is 0 Å². The van der Waals surface area contributed by atoms with Crippen molar-refractivity contribution in [2.75, 3.05) is 30.4 Å². The van der Waals surface area contributed by atoms with Crippen molar-refractivity contribution in [1.82, 2.24) is 15.1 Å². The van der Waals surface area contributed by atoms with Crippen molar-refractivity contribution < 1.29 is 9.72 Å². The molecule has 1 atom stereocenters. The van der Waals surface area contributed by atoms with Gasteiger partial charge in [0.05, 0.1) is 16.8 Å². The summed E-state index contributed by atoms with van der Waals surface area (Å²) >= 11 is 0. The van der Waals surface area contributed by atoms with Gasteiger partial charge in [-0.25, -0.2) is 0 Å². The van der Waals surface area contributed by atoms with Crippen molar-refractivity contribution in [3.8, 4) is 0 Å². The molecule has 138 valence electrons. The molecule has 2 heterocycles. The van der Waals surface area contributed by atoms with Gasteiger partial charge < -0.3 is 15.5 Å². The van der Waals surface area contributed by atoms with Crippen molar-refractivity contribution in [3.05, 3.63) is 46.3 Å². The third-order valence-corrected chi connectivity index (χ3v) is 4.52. The number of aromatic nitrogens is 2. The van der Waals surface area contributed by atoms with Crippen molar-refractivity contribution >= 4 is 23.0 Å². The SMILES string of the molecule is CNC(=O)c1ccc(NC2CCCN(c3cnn(C)c3)C2)c([N+](=O)[O-])c1. The lowest BCUT2D eigenvalue weighted by molar-refractivity contribution is -0.384. The molecular formula is C17H22N6O3. The van der Waals surface area contributed by atoms with Gasteiger partial charge in [0.1, 0.15) is 5.69 Å². The molecule has 1 aromatic heterocycles. The predicted molar refractivity (Wildman–Crippen MR) is 98.6 cm³/mol. The second-order valence-electron chi connectivity index (χ2n) is 6.37. The molecule has 1 aromatic carbocycles. The molecule has 9 nitrogen and oxygen atoms in total. The molecule has 0 saturated carbocycles. The molecule has 1 amide bonds. The van der Waals surface area contributed by atoms with Crippen LogP contribution in [0.25, 0.3) is 0 Å². The topological polar surface area (TPSA) is 105 Å². The summed E-state index contributed by atoms with van der Waals surface area (Å²) in [5, 5.41) is 21.4. The molecule has 26 heavy (non-hydrogen) atoms. The van der Waals surface area contributed by atoms with Crippen LogP contribution >= 0.6 is 0 Å². The van der Waals surface area contributed by atoms with Gasteiger partial charge in [0.2, 0.25) is 0 Å². The van der Waals surface area contributed by atoms with Gasteiger partial charge in [-0.1, -0.05) is 0 Å². The number of benzene rings is 1. The van der Waals surface area contributed by atoms with Gasteiger partial charge >= 0.3 is 0 Å². The summed E-state index contributed by atoms with van der Waals surface area (Å²) in [6.07, 6.45) is 5.69. The van der Waals surface area contributed by atoms with E-state index < -0.39 is 4.92 Å². The van der Waals surface area contributed by atoms with E-state index in [0.717, 1.165) is 31.6 Å². The van der Waals surface area contributed by atoms with E-state index in [0.29, 0.717) is 5.69 Å². The van der Waals surface area contributed by atoms with Crippen LogP contribution in [0.3, 0.4) is 0 Å². The molecule has 3 rings (SSSR count). The maximum atomic E-state index is 11.7. The van der Waals surface area contributed by atoms with Gasteiger partial charge in [-0.2, -0.15) is 5.10 Å². The van der Waals surface area contributed by atoms with E-state index in [1.807, 2.05) is 19.4 Å². The first-order valence-electron chi connectivity index (χ1n) is 8.48. The predicted octanol–water partition coefficient (Wildman–Crippen LogP) is 1.77. The molecule has 9 heteroatoms. The second-order valence-corrected chi connectivity index (χ2v) is 6.37. The number of amides is 1. The number of piperidine rings is 1. The highest BCUT2D eigenvalue weighted by atomic mass is 16.6. The Morgan fingerprint density at radius 3 is 2.88 bits per heavy atom. The Hall–Kier alpha value is -3.10. The Labute approximate surface area is 151 Å². The fourth-order valence-corrected chi connectivity index (χ4v) is 3.21. The number of nitrogens with one attached hydrogen (secondary N) is 2. The average Bonchev–Trinajstić information content (AvgIpc) is 3.08. The number of carbonyl (C=O) groups is 1. The number of carbonyl (C=O) groups excluding carboxylic acids is 1. The maximum Gasteiger partial charge on any atom is 0.293 e. The normalized spacial score (nSPS) is 17.0. The zero-order chi connectivity index (χ0) is 18.7. The van der Waals surface area contributed by atoms with E-state index >= 15 is 0 Å². The van der Waals surface area contributed by atoms with Crippen LogP contribution < -0.4 is 15.5 Å². The van der Waals surface area contributed by atoms with Gasteiger partial charge in [-0.05, 0) is 25.0 Å². The Morgan fingerprint density at radius 2 is 2.23 bits per heavy atom. The zero-order valence-corrected chi connectivity index (χ0v) is 14.8. The minimum Gasteiger partial charge on any atom is -0.375 e.